The largest absolute Gasteiger partial charge is 0.495 e. The fraction of sp³-hybridized carbons (Fsp3) is 0.333. The van der Waals surface area contributed by atoms with E-state index in [1.54, 1.807) is 0 Å². The number of ether oxygens (including phenoxy) is 1. The molecule has 7 heteroatoms. The molecule has 0 aliphatic rings. The van der Waals surface area contributed by atoms with Gasteiger partial charge in [0.25, 0.3) is 0 Å². The summed E-state index contributed by atoms with van der Waals surface area (Å²) in [7, 11) is 1.21. The smallest absolute Gasteiger partial charge is 0.407 e. The third-order valence-electron chi connectivity index (χ3n) is 1.93. The lowest BCUT2D eigenvalue weighted by molar-refractivity contribution is -0.149. The molecule has 0 aliphatic heterocycles. The van der Waals surface area contributed by atoms with Gasteiger partial charge in [-0.3, -0.25) is 0 Å². The van der Waals surface area contributed by atoms with Crippen LogP contribution in [0.4, 0.5) is 13.2 Å². The Kier molecular flexibility index (Phi) is 3.93. The van der Waals surface area contributed by atoms with Crippen LogP contribution in [0.2, 0.25) is 10.0 Å². The van der Waals surface area contributed by atoms with Crippen LogP contribution in [0.15, 0.2) is 12.1 Å². The summed E-state index contributed by atoms with van der Waals surface area (Å²) in [5, 5.41) is 0.0604. The van der Waals surface area contributed by atoms with Crippen LogP contribution in [0, 0.1) is 0 Å². The maximum atomic E-state index is 12.4. The summed E-state index contributed by atoms with van der Waals surface area (Å²) >= 11 is 11.3. The highest BCUT2D eigenvalue weighted by atomic mass is 35.5. The highest BCUT2D eigenvalue weighted by Crippen LogP contribution is 2.40. The molecule has 90 valence electrons. The topological polar surface area (TPSA) is 35.2 Å². The van der Waals surface area contributed by atoms with Gasteiger partial charge in [-0.2, -0.15) is 13.2 Å². The number of hydrogen-bond acceptors (Lipinski definition) is 2. The van der Waals surface area contributed by atoms with Crippen molar-refractivity contribution >= 4 is 23.2 Å². The third-order valence-corrected chi connectivity index (χ3v) is 2.43. The predicted octanol–water partition coefficient (Wildman–Crippen LogP) is 3.56. The van der Waals surface area contributed by atoms with Crippen molar-refractivity contribution in [1.29, 1.82) is 0 Å². The Bertz CT molecular complexity index is 395. The summed E-state index contributed by atoms with van der Waals surface area (Å²) in [6.07, 6.45) is -4.58. The molecule has 0 saturated heterocycles. The minimum absolute atomic E-state index is 0.00954. The van der Waals surface area contributed by atoms with Crippen LogP contribution < -0.4 is 10.5 Å². The molecular weight excluding hydrogens is 266 g/mol. The zero-order valence-corrected chi connectivity index (χ0v) is 9.62. The quantitative estimate of drug-likeness (QED) is 0.894. The summed E-state index contributed by atoms with van der Waals surface area (Å²) in [5.41, 5.74) is 4.78. The van der Waals surface area contributed by atoms with Crippen LogP contribution >= 0.6 is 23.2 Å². The Morgan fingerprint density at radius 2 is 1.88 bits per heavy atom. The van der Waals surface area contributed by atoms with E-state index in [-0.39, 0.29) is 21.4 Å². The van der Waals surface area contributed by atoms with E-state index in [1.165, 1.54) is 13.2 Å². The average molecular weight is 274 g/mol. The van der Waals surface area contributed by atoms with E-state index in [1.807, 2.05) is 0 Å². The molecule has 0 heterocycles. The van der Waals surface area contributed by atoms with Crippen molar-refractivity contribution in [2.45, 2.75) is 12.2 Å². The zero-order valence-electron chi connectivity index (χ0n) is 8.11. The first-order valence-electron chi connectivity index (χ1n) is 4.12. The highest BCUT2D eigenvalue weighted by molar-refractivity contribution is 6.35. The molecule has 1 atom stereocenters. The molecule has 0 unspecified atom stereocenters. The molecule has 0 aromatic heterocycles. The molecule has 1 rings (SSSR count). The normalized spacial score (nSPS) is 13.7. The minimum atomic E-state index is -4.58. The van der Waals surface area contributed by atoms with Crippen LogP contribution in [-0.2, 0) is 0 Å². The Morgan fingerprint density at radius 1 is 1.31 bits per heavy atom. The molecule has 0 spiro atoms. The average Bonchev–Trinajstić information content (AvgIpc) is 2.14. The fourth-order valence-corrected chi connectivity index (χ4v) is 1.79. The van der Waals surface area contributed by atoms with Gasteiger partial charge in [-0.15, -0.1) is 0 Å². The third kappa shape index (κ3) is 2.72. The lowest BCUT2D eigenvalue weighted by Crippen LogP contribution is -2.28. The second-order valence-corrected chi connectivity index (χ2v) is 3.87. The molecule has 0 fully saturated rings. The van der Waals surface area contributed by atoms with E-state index < -0.39 is 12.2 Å². The van der Waals surface area contributed by atoms with Crippen LogP contribution in [0.1, 0.15) is 11.6 Å². The van der Waals surface area contributed by atoms with E-state index in [9.17, 15) is 13.2 Å². The maximum Gasteiger partial charge on any atom is 0.407 e. The molecule has 0 amide bonds. The minimum Gasteiger partial charge on any atom is -0.495 e. The Labute approximate surface area is 100 Å². The SMILES string of the molecule is COc1c(Cl)cc(Cl)cc1[C@H](N)C(F)(F)F. The van der Waals surface area contributed by atoms with Gasteiger partial charge < -0.3 is 10.5 Å². The monoisotopic (exact) mass is 273 g/mol. The van der Waals surface area contributed by atoms with Crippen LogP contribution in [0.25, 0.3) is 0 Å². The summed E-state index contributed by atoms with van der Waals surface area (Å²) in [6.45, 7) is 0. The molecule has 0 bridgehead atoms. The van der Waals surface area contributed by atoms with Gasteiger partial charge in [-0.05, 0) is 12.1 Å². The summed E-state index contributed by atoms with van der Waals surface area (Å²) < 4.78 is 42.1. The van der Waals surface area contributed by atoms with E-state index in [4.69, 9.17) is 33.7 Å². The van der Waals surface area contributed by atoms with Crippen LogP contribution in [0.3, 0.4) is 0 Å². The van der Waals surface area contributed by atoms with Crippen molar-refractivity contribution in [2.75, 3.05) is 7.11 Å². The highest BCUT2D eigenvalue weighted by Gasteiger charge is 2.40. The van der Waals surface area contributed by atoms with Gasteiger partial charge in [0.2, 0.25) is 0 Å². The van der Waals surface area contributed by atoms with E-state index in [0.29, 0.717) is 0 Å². The van der Waals surface area contributed by atoms with Gasteiger partial charge >= 0.3 is 6.18 Å². The molecule has 2 nitrogen and oxygen atoms in total. The molecule has 2 N–H and O–H groups in total. The maximum absolute atomic E-state index is 12.4. The summed E-state index contributed by atoms with van der Waals surface area (Å²) in [6, 6.07) is 0.192. The van der Waals surface area contributed by atoms with Crippen LogP contribution in [-0.4, -0.2) is 13.3 Å². The standard InChI is InChI=1S/C9H8Cl2F3NO/c1-16-7-5(8(15)9(12,13)14)2-4(10)3-6(7)11/h2-3,8H,15H2,1H3/t8-/m0/s1. The Morgan fingerprint density at radius 3 is 2.31 bits per heavy atom. The molecule has 1 aromatic rings. The predicted molar refractivity (Wildman–Crippen MR) is 56.0 cm³/mol. The fourth-order valence-electron chi connectivity index (χ4n) is 1.20. The van der Waals surface area contributed by atoms with E-state index in [2.05, 4.69) is 0 Å². The number of rotatable bonds is 2. The van der Waals surface area contributed by atoms with Crippen molar-refractivity contribution in [3.05, 3.63) is 27.7 Å². The Balaban J connectivity index is 3.31. The molecule has 0 aliphatic carbocycles. The zero-order chi connectivity index (χ0) is 12.5. The molecule has 0 radical (unpaired) electrons. The van der Waals surface area contributed by atoms with Gasteiger partial charge in [-0.25, -0.2) is 0 Å². The van der Waals surface area contributed by atoms with Crippen molar-refractivity contribution in [2.24, 2.45) is 5.73 Å². The number of nitrogens with two attached hydrogens (primary N) is 1. The first kappa shape index (κ1) is 13.4. The number of benzene rings is 1. The first-order chi connectivity index (χ1) is 7.27. The van der Waals surface area contributed by atoms with Crippen molar-refractivity contribution in [1.82, 2.24) is 0 Å². The molecule has 16 heavy (non-hydrogen) atoms. The lowest BCUT2D eigenvalue weighted by atomic mass is 10.1. The summed E-state index contributed by atoms with van der Waals surface area (Å²) in [4.78, 5) is 0. The first-order valence-corrected chi connectivity index (χ1v) is 4.88. The van der Waals surface area contributed by atoms with E-state index >= 15 is 0 Å². The number of halogens is 5. The molecular formula is C9H8Cl2F3NO. The lowest BCUT2D eigenvalue weighted by Gasteiger charge is -2.19. The van der Waals surface area contributed by atoms with Crippen molar-refractivity contribution < 1.29 is 17.9 Å². The van der Waals surface area contributed by atoms with Gasteiger partial charge in [0.05, 0.1) is 12.1 Å². The second kappa shape index (κ2) is 4.69. The Hall–Kier alpha value is -0.650. The van der Waals surface area contributed by atoms with Gasteiger partial charge in [0, 0.05) is 10.6 Å². The second-order valence-electron chi connectivity index (χ2n) is 3.03. The number of alkyl halides is 3. The molecule has 0 saturated carbocycles. The van der Waals surface area contributed by atoms with E-state index in [0.717, 1.165) is 6.07 Å². The summed E-state index contributed by atoms with van der Waals surface area (Å²) in [5.74, 6) is -0.115. The van der Waals surface area contributed by atoms with Crippen molar-refractivity contribution in [3.8, 4) is 5.75 Å². The van der Waals surface area contributed by atoms with Gasteiger partial charge in [0.15, 0.2) is 0 Å². The molecule has 1 aromatic carbocycles. The van der Waals surface area contributed by atoms with Crippen LogP contribution in [0.5, 0.6) is 5.75 Å². The number of methoxy groups -OCH3 is 1. The van der Waals surface area contributed by atoms with Gasteiger partial charge in [0.1, 0.15) is 11.8 Å². The number of hydrogen-bond donors (Lipinski definition) is 1. The van der Waals surface area contributed by atoms with Crippen molar-refractivity contribution in [3.63, 3.8) is 0 Å². The van der Waals surface area contributed by atoms with Gasteiger partial charge in [-0.1, -0.05) is 23.2 Å².